The van der Waals surface area contributed by atoms with Gasteiger partial charge in [0.1, 0.15) is 0 Å². The van der Waals surface area contributed by atoms with E-state index < -0.39 is 6.09 Å². The van der Waals surface area contributed by atoms with Crippen LogP contribution in [0.15, 0.2) is 42.5 Å². The number of nitrogens with zero attached hydrogens (tertiary/aromatic N) is 1. The number of amides is 3. The highest BCUT2D eigenvalue weighted by atomic mass is 16.5. The molecule has 9 nitrogen and oxygen atoms in total. The Labute approximate surface area is 212 Å². The molecule has 36 heavy (non-hydrogen) atoms. The summed E-state index contributed by atoms with van der Waals surface area (Å²) in [7, 11) is 0. The molecule has 0 saturated carbocycles. The second-order valence-corrected chi connectivity index (χ2v) is 8.98. The van der Waals surface area contributed by atoms with Gasteiger partial charge in [-0.05, 0) is 68.5 Å². The lowest BCUT2D eigenvalue weighted by Crippen LogP contribution is -2.38. The van der Waals surface area contributed by atoms with E-state index in [4.69, 9.17) is 14.2 Å². The van der Waals surface area contributed by atoms with E-state index >= 15 is 0 Å². The summed E-state index contributed by atoms with van der Waals surface area (Å²) in [6.07, 6.45) is 2.62. The van der Waals surface area contributed by atoms with Crippen molar-refractivity contribution in [2.75, 3.05) is 43.5 Å². The van der Waals surface area contributed by atoms with Crippen molar-refractivity contribution in [3.8, 4) is 11.5 Å². The summed E-state index contributed by atoms with van der Waals surface area (Å²) in [5.74, 6) is 0.617. The first-order valence-corrected chi connectivity index (χ1v) is 12.4. The molecule has 0 spiro atoms. The summed E-state index contributed by atoms with van der Waals surface area (Å²) in [6.45, 7) is 7.87. The van der Waals surface area contributed by atoms with Crippen LogP contribution in [0.25, 0.3) is 0 Å². The van der Waals surface area contributed by atoms with Crippen molar-refractivity contribution in [1.82, 2.24) is 4.90 Å². The number of likely N-dealkylation sites (tertiary alicyclic amines) is 1. The first-order chi connectivity index (χ1) is 17.4. The molecule has 1 fully saturated rings. The average molecular weight is 498 g/mol. The molecule has 1 saturated heterocycles. The lowest BCUT2D eigenvalue weighted by atomic mass is 10.1. The van der Waals surface area contributed by atoms with Gasteiger partial charge in [0.15, 0.2) is 18.1 Å². The number of carbonyl (C=O) groups excluding carboxylic acids is 3. The minimum atomic E-state index is -0.553. The number of piperidine rings is 1. The quantitative estimate of drug-likeness (QED) is 0.482. The molecule has 2 aromatic carbocycles. The number of hydrogen-bond donors (Lipinski definition) is 2. The summed E-state index contributed by atoms with van der Waals surface area (Å²) >= 11 is 0. The van der Waals surface area contributed by atoms with Crippen LogP contribution in [0.3, 0.4) is 0 Å². The van der Waals surface area contributed by atoms with Gasteiger partial charge in [0, 0.05) is 30.0 Å². The zero-order valence-corrected chi connectivity index (χ0v) is 21.2. The van der Waals surface area contributed by atoms with Gasteiger partial charge in [0.25, 0.3) is 11.8 Å². The molecule has 0 unspecified atom stereocenters. The molecule has 0 aromatic heterocycles. The lowest BCUT2D eigenvalue weighted by Gasteiger charge is -2.26. The largest absolute Gasteiger partial charge is 0.490 e. The normalized spacial score (nSPS) is 13.2. The topological polar surface area (TPSA) is 106 Å². The second-order valence-electron chi connectivity index (χ2n) is 8.98. The van der Waals surface area contributed by atoms with Crippen molar-refractivity contribution in [3.05, 3.63) is 48.0 Å². The summed E-state index contributed by atoms with van der Waals surface area (Å²) in [5.41, 5.74) is 1.37. The van der Waals surface area contributed by atoms with Crippen LogP contribution in [0.4, 0.5) is 16.2 Å². The number of rotatable bonds is 10. The van der Waals surface area contributed by atoms with Crippen LogP contribution in [0, 0.1) is 5.92 Å². The van der Waals surface area contributed by atoms with Crippen molar-refractivity contribution in [3.63, 3.8) is 0 Å². The summed E-state index contributed by atoms with van der Waals surface area (Å²) < 4.78 is 16.5. The number of carbonyl (C=O) groups is 3. The maximum atomic E-state index is 12.9. The van der Waals surface area contributed by atoms with Gasteiger partial charge in [0.05, 0.1) is 13.2 Å². The molecular formula is C27H35N3O6. The highest BCUT2D eigenvalue weighted by molar-refractivity contribution is 6.05. The van der Waals surface area contributed by atoms with Crippen LogP contribution in [0.5, 0.6) is 11.5 Å². The van der Waals surface area contributed by atoms with Gasteiger partial charge in [-0.15, -0.1) is 0 Å². The molecule has 194 valence electrons. The van der Waals surface area contributed by atoms with Gasteiger partial charge in [0.2, 0.25) is 0 Å². The Morgan fingerprint density at radius 1 is 0.917 bits per heavy atom. The number of anilines is 2. The van der Waals surface area contributed by atoms with Gasteiger partial charge >= 0.3 is 6.09 Å². The molecule has 1 aliphatic heterocycles. The van der Waals surface area contributed by atoms with Gasteiger partial charge < -0.3 is 24.4 Å². The molecule has 3 amide bonds. The zero-order chi connectivity index (χ0) is 25.9. The number of benzene rings is 2. The second kappa shape index (κ2) is 13.4. The van der Waals surface area contributed by atoms with Crippen LogP contribution in [0.2, 0.25) is 0 Å². The highest BCUT2D eigenvalue weighted by Crippen LogP contribution is 2.29. The Balaban J connectivity index is 1.62. The molecule has 0 aliphatic carbocycles. The predicted molar refractivity (Wildman–Crippen MR) is 138 cm³/mol. The summed E-state index contributed by atoms with van der Waals surface area (Å²) in [5, 5.41) is 5.47. The van der Waals surface area contributed by atoms with E-state index in [1.54, 1.807) is 42.5 Å². The minimum Gasteiger partial charge on any atom is -0.490 e. The standard InChI is InChI=1S/C27H35N3O6/c1-4-34-24-15-20(11-12-23(24)35-18-25(31)30-13-6-5-7-14-30)26(32)28-21-9-8-10-22(16-21)29-27(33)36-17-19(2)3/h8-12,15-16,19H,4-7,13-14,17-18H2,1-3H3,(H,28,32)(H,29,33). The van der Waals surface area contributed by atoms with Crippen molar-refractivity contribution >= 4 is 29.3 Å². The Morgan fingerprint density at radius 3 is 2.33 bits per heavy atom. The number of hydrogen-bond acceptors (Lipinski definition) is 6. The molecule has 1 heterocycles. The van der Waals surface area contributed by atoms with Gasteiger partial charge in [-0.3, -0.25) is 14.9 Å². The van der Waals surface area contributed by atoms with E-state index in [-0.39, 0.29) is 24.3 Å². The Bertz CT molecular complexity index is 1050. The van der Waals surface area contributed by atoms with E-state index in [0.29, 0.717) is 41.7 Å². The van der Waals surface area contributed by atoms with E-state index in [2.05, 4.69) is 10.6 Å². The molecule has 2 aromatic rings. The third kappa shape index (κ3) is 8.18. The van der Waals surface area contributed by atoms with E-state index in [1.165, 1.54) is 0 Å². The van der Waals surface area contributed by atoms with Gasteiger partial charge in [-0.1, -0.05) is 19.9 Å². The van der Waals surface area contributed by atoms with Crippen molar-refractivity contribution in [2.45, 2.75) is 40.0 Å². The Hall–Kier alpha value is -3.75. The minimum absolute atomic E-state index is 0.0550. The molecule has 0 radical (unpaired) electrons. The van der Waals surface area contributed by atoms with Crippen LogP contribution in [-0.2, 0) is 9.53 Å². The third-order valence-electron chi connectivity index (χ3n) is 5.48. The lowest BCUT2D eigenvalue weighted by molar-refractivity contribution is -0.134. The fraction of sp³-hybridized carbons (Fsp3) is 0.444. The number of ether oxygens (including phenoxy) is 3. The maximum absolute atomic E-state index is 12.9. The predicted octanol–water partition coefficient (Wildman–Crippen LogP) is 4.93. The van der Waals surface area contributed by atoms with E-state index in [9.17, 15) is 14.4 Å². The fourth-order valence-corrected chi connectivity index (χ4v) is 3.69. The molecular weight excluding hydrogens is 462 g/mol. The smallest absolute Gasteiger partial charge is 0.411 e. The van der Waals surface area contributed by atoms with Crippen LogP contribution in [0.1, 0.15) is 50.4 Å². The van der Waals surface area contributed by atoms with Crippen LogP contribution < -0.4 is 20.1 Å². The van der Waals surface area contributed by atoms with Gasteiger partial charge in [-0.25, -0.2) is 4.79 Å². The zero-order valence-electron chi connectivity index (χ0n) is 21.2. The molecule has 1 aliphatic rings. The van der Waals surface area contributed by atoms with E-state index in [0.717, 1.165) is 32.4 Å². The first-order valence-electron chi connectivity index (χ1n) is 12.4. The SMILES string of the molecule is CCOc1cc(C(=O)Nc2cccc(NC(=O)OCC(C)C)c2)ccc1OCC(=O)N1CCCCC1. The average Bonchev–Trinajstić information content (AvgIpc) is 2.87. The first kappa shape index (κ1) is 26.8. The third-order valence-corrected chi connectivity index (χ3v) is 5.48. The summed E-state index contributed by atoms with van der Waals surface area (Å²) in [6, 6.07) is 11.6. The maximum Gasteiger partial charge on any atom is 0.411 e. The Morgan fingerprint density at radius 2 is 1.64 bits per heavy atom. The molecule has 3 rings (SSSR count). The van der Waals surface area contributed by atoms with Crippen molar-refractivity contribution in [1.29, 1.82) is 0 Å². The van der Waals surface area contributed by atoms with Crippen molar-refractivity contribution in [2.24, 2.45) is 5.92 Å². The molecule has 9 heteroatoms. The van der Waals surface area contributed by atoms with E-state index in [1.807, 2.05) is 25.7 Å². The fourth-order valence-electron chi connectivity index (χ4n) is 3.69. The van der Waals surface area contributed by atoms with Crippen LogP contribution in [-0.4, -0.2) is 55.7 Å². The molecule has 0 atom stereocenters. The monoisotopic (exact) mass is 497 g/mol. The Kier molecular flexibility index (Phi) is 9.97. The number of nitrogens with one attached hydrogen (secondary N) is 2. The highest BCUT2D eigenvalue weighted by Gasteiger charge is 2.18. The molecule has 2 N–H and O–H groups in total. The molecule has 0 bridgehead atoms. The van der Waals surface area contributed by atoms with Crippen molar-refractivity contribution < 1.29 is 28.6 Å². The van der Waals surface area contributed by atoms with Gasteiger partial charge in [-0.2, -0.15) is 0 Å². The summed E-state index contributed by atoms with van der Waals surface area (Å²) in [4.78, 5) is 39.1. The van der Waals surface area contributed by atoms with Crippen LogP contribution >= 0.6 is 0 Å².